The van der Waals surface area contributed by atoms with Crippen LogP contribution in [0.5, 0.6) is 0 Å². The van der Waals surface area contributed by atoms with Gasteiger partial charge in [-0.1, -0.05) is 53.7 Å². The summed E-state index contributed by atoms with van der Waals surface area (Å²) in [5.74, 6) is 1.95. The maximum atomic E-state index is 15.6. The minimum Gasteiger partial charge on any atom is -0.481 e. The number of ether oxygens (including phenoxy) is 1. The third kappa shape index (κ3) is 6.05. The fraction of sp³-hybridized carbons (Fsp3) is 0.760. The number of likely N-dealkylation sites (tertiary alicyclic amines) is 1. The zero-order valence-corrected chi connectivity index (χ0v) is 37.1. The van der Waals surface area contributed by atoms with Gasteiger partial charge in [0.2, 0.25) is 5.91 Å². The average Bonchev–Trinajstić information content (AvgIpc) is 3.56. The molecule has 9 rings (SSSR count). The number of hydrogen-bond donors (Lipinski definition) is 2. The van der Waals surface area contributed by atoms with Gasteiger partial charge >= 0.3 is 11.9 Å². The number of aromatic amines is 1. The monoisotopic (exact) mass is 812 g/mol. The molecule has 1 saturated heterocycles. The van der Waals surface area contributed by atoms with E-state index in [1.807, 2.05) is 6.07 Å². The maximum Gasteiger partial charge on any atom is 0.309 e. The van der Waals surface area contributed by atoms with Crippen molar-refractivity contribution in [3.63, 3.8) is 0 Å². The minimum absolute atomic E-state index is 0.0893. The molecule has 0 bridgehead atoms. The predicted molar refractivity (Wildman–Crippen MR) is 225 cm³/mol. The van der Waals surface area contributed by atoms with Crippen LogP contribution in [0.3, 0.4) is 0 Å². The Labute approximate surface area is 351 Å². The molecule has 0 radical (unpaired) electrons. The van der Waals surface area contributed by atoms with Crippen LogP contribution >= 0.6 is 0 Å². The summed E-state index contributed by atoms with van der Waals surface area (Å²) in [6.45, 7) is 19.0. The van der Waals surface area contributed by atoms with Crippen molar-refractivity contribution in [2.24, 2.45) is 67.5 Å². The molecule has 8 nitrogen and oxygen atoms in total. The van der Waals surface area contributed by atoms with Gasteiger partial charge in [0.25, 0.3) is 0 Å². The third-order valence-corrected chi connectivity index (χ3v) is 19.7. The molecular formula is C50H70FN3O5. The van der Waals surface area contributed by atoms with Crippen molar-refractivity contribution in [2.75, 3.05) is 6.54 Å². The number of amides is 1. The van der Waals surface area contributed by atoms with E-state index in [1.165, 1.54) is 37.8 Å². The molecule has 6 saturated carbocycles. The summed E-state index contributed by atoms with van der Waals surface area (Å²) in [6.07, 6.45) is 16.5. The lowest BCUT2D eigenvalue weighted by molar-refractivity contribution is -0.251. The number of fused-ring (bicyclic) bond motifs is 7. The van der Waals surface area contributed by atoms with Crippen LogP contribution in [0.1, 0.15) is 164 Å². The van der Waals surface area contributed by atoms with Crippen molar-refractivity contribution < 1.29 is 28.6 Å². The fourth-order valence-electron chi connectivity index (χ4n) is 16.0. The Kier molecular flexibility index (Phi) is 9.51. The zero-order chi connectivity index (χ0) is 42.1. The van der Waals surface area contributed by atoms with Gasteiger partial charge in [0.1, 0.15) is 17.7 Å². The predicted octanol–water partition coefficient (Wildman–Crippen LogP) is 11.2. The number of nitrogens with zero attached hydrogens (tertiary/aromatic N) is 2. The molecular weight excluding hydrogens is 742 g/mol. The Morgan fingerprint density at radius 1 is 0.881 bits per heavy atom. The summed E-state index contributed by atoms with van der Waals surface area (Å²) in [5, 5.41) is 9.68. The topological polar surface area (TPSA) is 113 Å². The molecule has 322 valence electrons. The lowest BCUT2D eigenvalue weighted by Gasteiger charge is -2.73. The van der Waals surface area contributed by atoms with Crippen molar-refractivity contribution in [3.05, 3.63) is 42.1 Å². The Bertz CT molecular complexity index is 2020. The Morgan fingerprint density at radius 3 is 2.36 bits per heavy atom. The minimum atomic E-state index is -1.16. The van der Waals surface area contributed by atoms with E-state index in [-0.39, 0.29) is 51.5 Å². The molecule has 2 heterocycles. The van der Waals surface area contributed by atoms with Crippen molar-refractivity contribution in [1.82, 2.24) is 14.9 Å². The van der Waals surface area contributed by atoms with Crippen LogP contribution < -0.4 is 0 Å². The number of H-pyrrole nitrogens is 1. The van der Waals surface area contributed by atoms with Gasteiger partial charge < -0.3 is 19.7 Å². The van der Waals surface area contributed by atoms with E-state index >= 15 is 4.79 Å². The van der Waals surface area contributed by atoms with Gasteiger partial charge in [-0.2, -0.15) is 0 Å². The number of carboxylic acids is 1. The Balaban J connectivity index is 0.990. The second-order valence-corrected chi connectivity index (χ2v) is 23.2. The number of carboxylic acid groups (broad SMARTS) is 1. The van der Waals surface area contributed by atoms with Crippen LogP contribution in [0.25, 0.3) is 11.3 Å². The van der Waals surface area contributed by atoms with Crippen LogP contribution in [0.4, 0.5) is 4.39 Å². The highest BCUT2D eigenvalue weighted by Crippen LogP contribution is 2.79. The standard InChI is InChI=1S/C50H70FN3O5/c1-44(2,43(57)58)28-39(55)59-38-18-19-47(6)36(45(38,3)4)17-20-49(8)37(47)15-14-33-40-32(46(5)22-23-46)16-21-50(40,25-24-48(33,49)7)42(56)54-26-10-13-35(54)41-52-29-34(53-41)30-11-9-12-31(51)27-30/h9,11-12,27,29,32-33,35-38,40H,10,13-26,28H2,1-8H3,(H,52,53)(H,57,58)/t32-,33-,35+,36+,37-,38+,40-,47+,48-,49-,50+/m1/s1. The lowest BCUT2D eigenvalue weighted by atomic mass is 9.32. The molecule has 7 fully saturated rings. The normalized spacial score (nSPS) is 40.6. The summed E-state index contributed by atoms with van der Waals surface area (Å²) < 4.78 is 20.4. The number of aliphatic carboxylic acids is 1. The van der Waals surface area contributed by atoms with Crippen LogP contribution in [0, 0.1) is 73.3 Å². The summed E-state index contributed by atoms with van der Waals surface area (Å²) in [7, 11) is 0. The van der Waals surface area contributed by atoms with Crippen LogP contribution in [0.15, 0.2) is 30.5 Å². The van der Waals surface area contributed by atoms with E-state index in [0.717, 1.165) is 87.8 Å². The van der Waals surface area contributed by atoms with E-state index in [2.05, 4.69) is 51.4 Å². The number of benzene rings is 1. The second-order valence-electron chi connectivity index (χ2n) is 23.2. The summed E-state index contributed by atoms with van der Waals surface area (Å²) in [4.78, 5) is 51.2. The summed E-state index contributed by atoms with van der Waals surface area (Å²) in [6, 6.07) is 6.53. The highest BCUT2D eigenvalue weighted by Gasteiger charge is 2.74. The molecule has 2 aromatic rings. The summed E-state index contributed by atoms with van der Waals surface area (Å²) in [5.41, 5.74) is 0.520. The van der Waals surface area contributed by atoms with E-state index < -0.39 is 17.4 Å². The van der Waals surface area contributed by atoms with E-state index in [9.17, 15) is 19.1 Å². The van der Waals surface area contributed by atoms with Gasteiger partial charge in [0.15, 0.2) is 0 Å². The van der Waals surface area contributed by atoms with Crippen molar-refractivity contribution >= 4 is 17.8 Å². The van der Waals surface area contributed by atoms with Gasteiger partial charge in [-0.3, -0.25) is 14.4 Å². The largest absolute Gasteiger partial charge is 0.481 e. The summed E-state index contributed by atoms with van der Waals surface area (Å²) >= 11 is 0. The second kappa shape index (κ2) is 13.6. The first-order valence-corrected chi connectivity index (χ1v) is 23.3. The number of carbonyl (C=O) groups is 3. The molecule has 1 aromatic carbocycles. The van der Waals surface area contributed by atoms with Crippen molar-refractivity contribution in [1.29, 1.82) is 0 Å². The molecule has 6 aliphatic carbocycles. The Morgan fingerprint density at radius 2 is 1.64 bits per heavy atom. The fourth-order valence-corrected chi connectivity index (χ4v) is 16.0. The van der Waals surface area contributed by atoms with Crippen LogP contribution in [-0.2, 0) is 19.1 Å². The number of esters is 1. The highest BCUT2D eigenvalue weighted by atomic mass is 19.1. The molecule has 1 amide bonds. The first-order valence-electron chi connectivity index (χ1n) is 23.3. The number of imidazole rings is 1. The molecule has 1 aliphatic heterocycles. The van der Waals surface area contributed by atoms with E-state index in [0.29, 0.717) is 40.9 Å². The van der Waals surface area contributed by atoms with Gasteiger partial charge in [0, 0.05) is 17.5 Å². The maximum absolute atomic E-state index is 15.6. The van der Waals surface area contributed by atoms with Crippen molar-refractivity contribution in [2.45, 2.75) is 164 Å². The zero-order valence-electron chi connectivity index (χ0n) is 37.1. The quantitative estimate of drug-likeness (QED) is 0.257. The van der Waals surface area contributed by atoms with Crippen molar-refractivity contribution in [3.8, 4) is 11.3 Å². The molecule has 0 spiro atoms. The molecule has 11 atom stereocenters. The van der Waals surface area contributed by atoms with E-state index in [4.69, 9.17) is 9.72 Å². The number of rotatable bonds is 8. The number of nitrogens with one attached hydrogen (secondary N) is 1. The third-order valence-electron chi connectivity index (χ3n) is 19.7. The van der Waals surface area contributed by atoms with Crippen LogP contribution in [-0.4, -0.2) is 50.5 Å². The average molecular weight is 812 g/mol. The highest BCUT2D eigenvalue weighted by molar-refractivity contribution is 5.85. The first-order chi connectivity index (χ1) is 27.7. The number of carbonyl (C=O) groups excluding carboxylic acids is 2. The molecule has 7 aliphatic rings. The molecule has 0 unspecified atom stereocenters. The number of aromatic nitrogens is 2. The first kappa shape index (κ1) is 41.1. The van der Waals surface area contributed by atoms with Gasteiger partial charge in [-0.25, -0.2) is 9.37 Å². The van der Waals surface area contributed by atoms with Gasteiger partial charge in [-0.05, 0) is 167 Å². The molecule has 59 heavy (non-hydrogen) atoms. The lowest BCUT2D eigenvalue weighted by Crippen LogP contribution is -2.67. The Hall–Kier alpha value is -3.23. The van der Waals surface area contributed by atoms with E-state index in [1.54, 1.807) is 26.1 Å². The SMILES string of the molecule is CC(C)(CC(=O)O[C@H]1CC[C@]2(C)[C@H]3CC[C@@H]4[C@H]5[C@H](C6(C)CC6)CC[C@]5(C(=O)N5CCC[C@H]5c5ncc(-c6cccc(F)c6)[nH]5)CC[C@@]4(C)[C@]3(C)CC[C@H]2C1(C)C)C(=O)O. The van der Waals surface area contributed by atoms with Gasteiger partial charge in [-0.15, -0.1) is 0 Å². The molecule has 1 aromatic heterocycles. The van der Waals surface area contributed by atoms with Crippen LogP contribution in [0.2, 0.25) is 0 Å². The smallest absolute Gasteiger partial charge is 0.309 e. The number of halogens is 1. The molecule has 2 N–H and O–H groups in total. The molecule has 9 heteroatoms. The number of hydrogen-bond acceptors (Lipinski definition) is 5. The van der Waals surface area contributed by atoms with Gasteiger partial charge in [0.05, 0.1) is 35.2 Å².